The molecule has 0 radical (unpaired) electrons. The van der Waals surface area contributed by atoms with E-state index in [0.717, 1.165) is 13.0 Å². The summed E-state index contributed by atoms with van der Waals surface area (Å²) in [5.74, 6) is 0.590. The Hall–Kier alpha value is -1.97. The number of aromatic amines is 1. The SMILES string of the molecule is NC(=NCCc1ccc2[nH]ccc2c1)NC1CCC1. The lowest BCUT2D eigenvalue weighted by molar-refractivity contribution is 0.382. The highest BCUT2D eigenvalue weighted by Crippen LogP contribution is 2.17. The van der Waals surface area contributed by atoms with E-state index in [4.69, 9.17) is 5.73 Å². The molecule has 19 heavy (non-hydrogen) atoms. The number of fused-ring (bicyclic) bond motifs is 1. The molecule has 100 valence electrons. The van der Waals surface area contributed by atoms with Gasteiger partial charge in [-0.15, -0.1) is 0 Å². The summed E-state index contributed by atoms with van der Waals surface area (Å²) in [6.07, 6.45) is 6.64. The monoisotopic (exact) mass is 256 g/mol. The van der Waals surface area contributed by atoms with Crippen molar-refractivity contribution in [1.82, 2.24) is 10.3 Å². The Bertz CT molecular complexity index is 581. The maximum Gasteiger partial charge on any atom is 0.188 e. The molecule has 1 aromatic carbocycles. The fourth-order valence-electron chi connectivity index (χ4n) is 2.37. The predicted molar refractivity (Wildman–Crippen MR) is 79.3 cm³/mol. The minimum Gasteiger partial charge on any atom is -0.370 e. The molecule has 1 aliphatic rings. The van der Waals surface area contributed by atoms with Crippen LogP contribution in [0.25, 0.3) is 10.9 Å². The molecule has 0 amide bonds. The van der Waals surface area contributed by atoms with Crippen molar-refractivity contribution >= 4 is 16.9 Å². The zero-order valence-corrected chi connectivity index (χ0v) is 11.0. The molecule has 1 aliphatic carbocycles. The molecule has 1 fully saturated rings. The average Bonchev–Trinajstić information content (AvgIpc) is 2.81. The normalized spacial score (nSPS) is 16.5. The molecule has 3 rings (SSSR count). The van der Waals surface area contributed by atoms with Crippen LogP contribution in [0.3, 0.4) is 0 Å². The van der Waals surface area contributed by atoms with Crippen LogP contribution in [0.1, 0.15) is 24.8 Å². The molecular formula is C15H20N4. The van der Waals surface area contributed by atoms with Gasteiger partial charge in [0.1, 0.15) is 0 Å². The number of benzene rings is 1. The molecule has 4 nitrogen and oxygen atoms in total. The molecule has 1 heterocycles. The molecule has 4 N–H and O–H groups in total. The fourth-order valence-corrected chi connectivity index (χ4v) is 2.37. The van der Waals surface area contributed by atoms with Crippen LogP contribution < -0.4 is 11.1 Å². The first-order chi connectivity index (χ1) is 9.31. The lowest BCUT2D eigenvalue weighted by Crippen LogP contribution is -2.43. The first kappa shape index (κ1) is 12.1. The second-order valence-corrected chi connectivity index (χ2v) is 5.19. The summed E-state index contributed by atoms with van der Waals surface area (Å²) in [5.41, 5.74) is 8.33. The van der Waals surface area contributed by atoms with E-state index in [1.807, 2.05) is 6.20 Å². The standard InChI is InChI=1S/C15H20N4/c16-15(19-13-2-1-3-13)18-8-6-11-4-5-14-12(10-11)7-9-17-14/h4-5,7,9-10,13,17H,1-3,6,8H2,(H3,16,18,19). The molecule has 1 aromatic heterocycles. The third kappa shape index (κ3) is 2.89. The Kier molecular flexibility index (Phi) is 3.40. The quantitative estimate of drug-likeness (QED) is 0.580. The van der Waals surface area contributed by atoms with Crippen LogP contribution in [0, 0.1) is 0 Å². The van der Waals surface area contributed by atoms with Gasteiger partial charge in [-0.05, 0) is 54.8 Å². The van der Waals surface area contributed by atoms with E-state index < -0.39 is 0 Å². The lowest BCUT2D eigenvalue weighted by atomic mass is 9.93. The van der Waals surface area contributed by atoms with Crippen LogP contribution in [-0.4, -0.2) is 23.5 Å². The van der Waals surface area contributed by atoms with E-state index in [2.05, 4.69) is 39.6 Å². The Balaban J connectivity index is 1.54. The first-order valence-corrected chi connectivity index (χ1v) is 6.94. The Morgan fingerprint density at radius 1 is 1.37 bits per heavy atom. The highest BCUT2D eigenvalue weighted by molar-refractivity contribution is 5.80. The van der Waals surface area contributed by atoms with Crippen LogP contribution in [0.15, 0.2) is 35.5 Å². The average molecular weight is 256 g/mol. The largest absolute Gasteiger partial charge is 0.370 e. The Labute approximate surface area is 113 Å². The number of aliphatic imine (C=N–C) groups is 1. The van der Waals surface area contributed by atoms with Gasteiger partial charge in [0.15, 0.2) is 5.96 Å². The van der Waals surface area contributed by atoms with Crippen molar-refractivity contribution in [3.05, 3.63) is 36.0 Å². The van der Waals surface area contributed by atoms with E-state index >= 15 is 0 Å². The zero-order chi connectivity index (χ0) is 13.1. The maximum atomic E-state index is 5.86. The molecule has 0 saturated heterocycles. The summed E-state index contributed by atoms with van der Waals surface area (Å²) in [7, 11) is 0. The molecule has 0 unspecified atom stereocenters. The van der Waals surface area contributed by atoms with Crippen molar-refractivity contribution < 1.29 is 0 Å². The second-order valence-electron chi connectivity index (χ2n) is 5.19. The van der Waals surface area contributed by atoms with Crippen LogP contribution >= 0.6 is 0 Å². The summed E-state index contributed by atoms with van der Waals surface area (Å²) in [6.45, 7) is 0.738. The van der Waals surface area contributed by atoms with Gasteiger partial charge < -0.3 is 16.0 Å². The van der Waals surface area contributed by atoms with Gasteiger partial charge >= 0.3 is 0 Å². The molecule has 0 aliphatic heterocycles. The topological polar surface area (TPSA) is 66.2 Å². The predicted octanol–water partition coefficient (Wildman–Crippen LogP) is 2.17. The van der Waals surface area contributed by atoms with Crippen molar-refractivity contribution in [2.24, 2.45) is 10.7 Å². The van der Waals surface area contributed by atoms with Crippen molar-refractivity contribution in [3.63, 3.8) is 0 Å². The number of hydrogen-bond acceptors (Lipinski definition) is 1. The van der Waals surface area contributed by atoms with Gasteiger partial charge in [-0.1, -0.05) is 6.07 Å². The number of aromatic nitrogens is 1. The number of hydrogen-bond donors (Lipinski definition) is 3. The smallest absolute Gasteiger partial charge is 0.188 e. The lowest BCUT2D eigenvalue weighted by Gasteiger charge is -2.26. The molecule has 4 heteroatoms. The number of nitrogens with one attached hydrogen (secondary N) is 2. The molecular weight excluding hydrogens is 236 g/mol. The van der Waals surface area contributed by atoms with Crippen molar-refractivity contribution in [3.8, 4) is 0 Å². The highest BCUT2D eigenvalue weighted by Gasteiger charge is 2.16. The zero-order valence-electron chi connectivity index (χ0n) is 11.0. The Morgan fingerprint density at radius 2 is 2.26 bits per heavy atom. The third-order valence-corrected chi connectivity index (χ3v) is 3.76. The van der Waals surface area contributed by atoms with Crippen molar-refractivity contribution in [2.75, 3.05) is 6.54 Å². The summed E-state index contributed by atoms with van der Waals surface area (Å²) < 4.78 is 0. The van der Waals surface area contributed by atoms with Crippen LogP contribution in [0.5, 0.6) is 0 Å². The van der Waals surface area contributed by atoms with Gasteiger partial charge in [0, 0.05) is 24.3 Å². The van der Waals surface area contributed by atoms with Gasteiger partial charge in [-0.3, -0.25) is 4.99 Å². The van der Waals surface area contributed by atoms with E-state index in [1.54, 1.807) is 0 Å². The molecule has 1 saturated carbocycles. The second kappa shape index (κ2) is 5.34. The molecule has 2 aromatic rings. The Morgan fingerprint density at radius 3 is 3.05 bits per heavy atom. The van der Waals surface area contributed by atoms with Crippen LogP contribution in [0.4, 0.5) is 0 Å². The minimum atomic E-state index is 0.556. The molecule has 0 atom stereocenters. The number of guanidine groups is 1. The first-order valence-electron chi connectivity index (χ1n) is 6.94. The van der Waals surface area contributed by atoms with Crippen LogP contribution in [-0.2, 0) is 6.42 Å². The van der Waals surface area contributed by atoms with Gasteiger partial charge in [-0.2, -0.15) is 0 Å². The molecule has 0 bridgehead atoms. The maximum absolute atomic E-state index is 5.86. The van der Waals surface area contributed by atoms with Crippen molar-refractivity contribution in [2.45, 2.75) is 31.7 Å². The van der Waals surface area contributed by atoms with Gasteiger partial charge in [0.05, 0.1) is 0 Å². The van der Waals surface area contributed by atoms with Crippen LogP contribution in [0.2, 0.25) is 0 Å². The van der Waals surface area contributed by atoms with E-state index in [9.17, 15) is 0 Å². The number of nitrogens with zero attached hydrogens (tertiary/aromatic N) is 1. The van der Waals surface area contributed by atoms with Crippen molar-refractivity contribution in [1.29, 1.82) is 0 Å². The summed E-state index contributed by atoms with van der Waals surface area (Å²) in [5, 5.41) is 4.50. The number of H-pyrrole nitrogens is 1. The molecule has 0 spiro atoms. The summed E-state index contributed by atoms with van der Waals surface area (Å²) in [4.78, 5) is 7.58. The van der Waals surface area contributed by atoms with Gasteiger partial charge in [0.2, 0.25) is 0 Å². The van der Waals surface area contributed by atoms with Gasteiger partial charge in [0.25, 0.3) is 0 Å². The van der Waals surface area contributed by atoms with E-state index in [-0.39, 0.29) is 0 Å². The third-order valence-electron chi connectivity index (χ3n) is 3.76. The summed E-state index contributed by atoms with van der Waals surface area (Å²) >= 11 is 0. The van der Waals surface area contributed by atoms with E-state index in [1.165, 1.54) is 35.7 Å². The van der Waals surface area contributed by atoms with Gasteiger partial charge in [-0.25, -0.2) is 0 Å². The van der Waals surface area contributed by atoms with E-state index in [0.29, 0.717) is 12.0 Å². The minimum absolute atomic E-state index is 0.556. The fraction of sp³-hybridized carbons (Fsp3) is 0.400. The summed E-state index contributed by atoms with van der Waals surface area (Å²) in [6, 6.07) is 9.11. The number of rotatable bonds is 4. The highest BCUT2D eigenvalue weighted by atomic mass is 15.1. The number of nitrogens with two attached hydrogens (primary N) is 1.